The molecular weight excluding hydrogens is 422 g/mol. The van der Waals surface area contributed by atoms with Crippen molar-refractivity contribution >= 4 is 16.9 Å². The van der Waals surface area contributed by atoms with E-state index in [-0.39, 0.29) is 18.6 Å². The molecule has 2 fully saturated rings. The van der Waals surface area contributed by atoms with Crippen molar-refractivity contribution in [2.75, 3.05) is 6.54 Å². The first kappa shape index (κ1) is 22.0. The van der Waals surface area contributed by atoms with Crippen molar-refractivity contribution in [3.05, 3.63) is 41.7 Å². The molecule has 4 N–H and O–H groups in total. The number of hydrogen-bond donors (Lipinski definition) is 4. The molecule has 31 heavy (non-hydrogen) atoms. The van der Waals surface area contributed by atoms with E-state index in [4.69, 9.17) is 9.47 Å². The highest BCUT2D eigenvalue weighted by atomic mass is 32.2. The van der Waals surface area contributed by atoms with Crippen molar-refractivity contribution in [1.29, 1.82) is 0 Å². The molecule has 2 aromatic rings. The highest BCUT2D eigenvalue weighted by molar-refractivity contribution is 8.14. The minimum absolute atomic E-state index is 0.182. The molecule has 0 bridgehead atoms. The molecule has 4 rings (SSSR count). The second-order valence-electron chi connectivity index (χ2n) is 7.53. The molecule has 0 radical (unpaired) electrons. The van der Waals surface area contributed by atoms with E-state index >= 15 is 0 Å². The van der Waals surface area contributed by atoms with E-state index in [2.05, 4.69) is 20.6 Å². The molecule has 0 amide bonds. The minimum Gasteiger partial charge on any atom is -0.487 e. The van der Waals surface area contributed by atoms with Crippen LogP contribution in [-0.2, 0) is 17.9 Å². The molecule has 2 saturated heterocycles. The van der Waals surface area contributed by atoms with E-state index in [0.29, 0.717) is 28.7 Å². The zero-order chi connectivity index (χ0) is 22.0. The van der Waals surface area contributed by atoms with Gasteiger partial charge in [-0.25, -0.2) is 4.68 Å². The van der Waals surface area contributed by atoms with Crippen LogP contribution in [0.2, 0.25) is 0 Å². The lowest BCUT2D eigenvalue weighted by atomic mass is 9.98. The number of para-hydroxylation sites is 1. The standard InChI is InChI=1S/C20H27N5O5S/c1-3-21-20-22-16-18(28)17(27)15(30-19(16)31-20)9-25-8-12(23-24-25)10-29-14-7-5-4-6-13(14)11(2)26/h4-8,11,15-19,26-28H,3,9-10H2,1-2H3,(H,21,22). The summed E-state index contributed by atoms with van der Waals surface area (Å²) in [5.41, 5.74) is 0.959. The molecule has 168 valence electrons. The van der Waals surface area contributed by atoms with Gasteiger partial charge in [0.15, 0.2) is 5.17 Å². The van der Waals surface area contributed by atoms with E-state index in [1.807, 2.05) is 25.1 Å². The maximum atomic E-state index is 10.5. The molecule has 2 aliphatic heterocycles. The number of nitrogens with zero attached hydrogens (tertiary/aromatic N) is 4. The number of aliphatic imine (C=N–C) groups is 1. The highest BCUT2D eigenvalue weighted by Crippen LogP contribution is 2.34. The molecule has 0 saturated carbocycles. The number of fused-ring (bicyclic) bond motifs is 1. The Kier molecular flexibility index (Phi) is 6.77. The Morgan fingerprint density at radius 1 is 1.32 bits per heavy atom. The van der Waals surface area contributed by atoms with Gasteiger partial charge in [-0.3, -0.25) is 4.99 Å². The number of benzene rings is 1. The topological polar surface area (TPSA) is 134 Å². The van der Waals surface area contributed by atoms with Crippen molar-refractivity contribution in [1.82, 2.24) is 20.3 Å². The van der Waals surface area contributed by atoms with Gasteiger partial charge < -0.3 is 30.1 Å². The number of aliphatic hydroxyl groups is 3. The number of nitrogens with one attached hydrogen (secondary N) is 1. The Morgan fingerprint density at radius 3 is 2.90 bits per heavy atom. The monoisotopic (exact) mass is 449 g/mol. The third-order valence-electron chi connectivity index (χ3n) is 5.22. The first-order chi connectivity index (χ1) is 15.0. The van der Waals surface area contributed by atoms with Crippen LogP contribution in [0.4, 0.5) is 0 Å². The molecule has 0 spiro atoms. The summed E-state index contributed by atoms with van der Waals surface area (Å²) in [5.74, 6) is 0.586. The molecular formula is C20H27N5O5S. The summed E-state index contributed by atoms with van der Waals surface area (Å²) in [4.78, 5) is 4.32. The van der Waals surface area contributed by atoms with Gasteiger partial charge in [-0.15, -0.1) is 5.10 Å². The van der Waals surface area contributed by atoms with Gasteiger partial charge in [0.25, 0.3) is 0 Å². The SMILES string of the molecule is CCN=C1NC2C(OC(Cn3cc(COc4ccccc4C(C)O)nn3)C(O)C2O)S1. The predicted octanol–water partition coefficient (Wildman–Crippen LogP) is 0.438. The van der Waals surface area contributed by atoms with Gasteiger partial charge in [-0.05, 0) is 19.9 Å². The predicted molar refractivity (Wildman–Crippen MR) is 115 cm³/mol. The average molecular weight is 450 g/mol. The normalized spacial score (nSPS) is 30.1. The lowest BCUT2D eigenvalue weighted by molar-refractivity contribution is -0.160. The lowest BCUT2D eigenvalue weighted by Gasteiger charge is -2.38. The van der Waals surface area contributed by atoms with Crippen LogP contribution < -0.4 is 10.1 Å². The first-order valence-corrected chi connectivity index (χ1v) is 11.1. The minimum atomic E-state index is -1.07. The number of rotatable bonds is 7. The first-order valence-electron chi connectivity index (χ1n) is 10.2. The Hall–Kier alpha value is -2.18. The number of hydrogen-bond acceptors (Lipinski definition) is 9. The zero-order valence-electron chi connectivity index (χ0n) is 17.3. The van der Waals surface area contributed by atoms with E-state index in [1.54, 1.807) is 23.9 Å². The van der Waals surface area contributed by atoms with Crippen molar-refractivity contribution < 1.29 is 24.8 Å². The molecule has 6 atom stereocenters. The van der Waals surface area contributed by atoms with Gasteiger partial charge in [0, 0.05) is 12.1 Å². The number of thioether (sulfide) groups is 1. The van der Waals surface area contributed by atoms with E-state index in [0.717, 1.165) is 0 Å². The van der Waals surface area contributed by atoms with Gasteiger partial charge in [-0.2, -0.15) is 0 Å². The fourth-order valence-electron chi connectivity index (χ4n) is 3.64. The Morgan fingerprint density at radius 2 is 2.13 bits per heavy atom. The number of aromatic nitrogens is 3. The summed E-state index contributed by atoms with van der Waals surface area (Å²) in [6, 6.07) is 6.87. The summed E-state index contributed by atoms with van der Waals surface area (Å²) in [7, 11) is 0. The van der Waals surface area contributed by atoms with Crippen LogP contribution in [0.25, 0.3) is 0 Å². The van der Waals surface area contributed by atoms with Gasteiger partial charge in [-0.1, -0.05) is 35.2 Å². The largest absolute Gasteiger partial charge is 0.487 e. The van der Waals surface area contributed by atoms with Crippen LogP contribution in [-0.4, -0.2) is 71.8 Å². The van der Waals surface area contributed by atoms with Crippen molar-refractivity contribution in [2.24, 2.45) is 4.99 Å². The van der Waals surface area contributed by atoms with E-state index < -0.39 is 30.5 Å². The van der Waals surface area contributed by atoms with Crippen LogP contribution in [0.5, 0.6) is 5.75 Å². The summed E-state index contributed by atoms with van der Waals surface area (Å²) in [6.45, 7) is 4.66. The quantitative estimate of drug-likeness (QED) is 0.475. The Balaban J connectivity index is 1.37. The molecule has 0 aliphatic carbocycles. The molecule has 11 heteroatoms. The molecule has 6 unspecified atom stereocenters. The Bertz CT molecular complexity index is 923. The molecule has 1 aromatic carbocycles. The maximum absolute atomic E-state index is 10.5. The second-order valence-corrected chi connectivity index (χ2v) is 8.61. The fourth-order valence-corrected chi connectivity index (χ4v) is 4.84. The molecule has 2 aliphatic rings. The third-order valence-corrected chi connectivity index (χ3v) is 6.33. The smallest absolute Gasteiger partial charge is 0.159 e. The fraction of sp³-hybridized carbons (Fsp3) is 0.550. The number of ether oxygens (including phenoxy) is 2. The summed E-state index contributed by atoms with van der Waals surface area (Å²) >= 11 is 1.41. The zero-order valence-corrected chi connectivity index (χ0v) is 18.1. The van der Waals surface area contributed by atoms with E-state index in [9.17, 15) is 15.3 Å². The Labute approximate surface area is 184 Å². The maximum Gasteiger partial charge on any atom is 0.159 e. The van der Waals surface area contributed by atoms with Gasteiger partial charge in [0.1, 0.15) is 41.8 Å². The van der Waals surface area contributed by atoms with Crippen molar-refractivity contribution in [3.8, 4) is 5.75 Å². The summed E-state index contributed by atoms with van der Waals surface area (Å²) in [5, 5.41) is 42.9. The van der Waals surface area contributed by atoms with E-state index in [1.165, 1.54) is 11.8 Å². The molecule has 3 heterocycles. The van der Waals surface area contributed by atoms with Crippen LogP contribution in [0, 0.1) is 0 Å². The molecule has 10 nitrogen and oxygen atoms in total. The van der Waals surface area contributed by atoms with Crippen LogP contribution >= 0.6 is 11.8 Å². The van der Waals surface area contributed by atoms with Crippen molar-refractivity contribution in [3.63, 3.8) is 0 Å². The van der Waals surface area contributed by atoms with Gasteiger partial charge in [0.2, 0.25) is 0 Å². The summed E-state index contributed by atoms with van der Waals surface area (Å²) < 4.78 is 13.4. The average Bonchev–Trinajstić information content (AvgIpc) is 3.37. The number of aliphatic hydroxyl groups excluding tert-OH is 3. The lowest BCUT2D eigenvalue weighted by Crippen LogP contribution is -2.59. The number of amidine groups is 1. The van der Waals surface area contributed by atoms with Crippen LogP contribution in [0.1, 0.15) is 31.2 Å². The van der Waals surface area contributed by atoms with Gasteiger partial charge >= 0.3 is 0 Å². The van der Waals surface area contributed by atoms with Crippen LogP contribution in [0.15, 0.2) is 35.5 Å². The highest BCUT2D eigenvalue weighted by Gasteiger charge is 2.49. The third kappa shape index (κ3) is 4.85. The molecule has 1 aromatic heterocycles. The van der Waals surface area contributed by atoms with Crippen LogP contribution in [0.3, 0.4) is 0 Å². The van der Waals surface area contributed by atoms with Gasteiger partial charge in [0.05, 0.1) is 24.9 Å². The van der Waals surface area contributed by atoms with Crippen molar-refractivity contribution in [2.45, 2.75) is 62.9 Å². The summed E-state index contributed by atoms with van der Waals surface area (Å²) in [6.07, 6.45) is -1.62. The second kappa shape index (κ2) is 9.53.